The summed E-state index contributed by atoms with van der Waals surface area (Å²) >= 11 is 0. The number of carbonyl (C=O) groups is 1. The van der Waals surface area contributed by atoms with Crippen LogP contribution in [0.1, 0.15) is 84.5 Å². The number of aliphatic carboxylic acids is 1. The van der Waals surface area contributed by atoms with E-state index in [1.165, 1.54) is 25.7 Å². The minimum Gasteiger partial charge on any atom is -0.481 e. The smallest absolute Gasteiger partial charge is 0.309 e. The van der Waals surface area contributed by atoms with Gasteiger partial charge in [0.25, 0.3) is 0 Å². The van der Waals surface area contributed by atoms with Gasteiger partial charge in [0.05, 0.1) is 5.41 Å². The van der Waals surface area contributed by atoms with Crippen LogP contribution in [0.2, 0.25) is 0 Å². The molecule has 0 aliphatic heterocycles. The largest absolute Gasteiger partial charge is 0.481 e. The Balaban J connectivity index is 0.00000324. The van der Waals surface area contributed by atoms with Gasteiger partial charge < -0.3 is 11.3 Å². The number of hydrogen-bond acceptors (Lipinski definition) is 2. The van der Waals surface area contributed by atoms with E-state index in [2.05, 4.69) is 13.8 Å². The van der Waals surface area contributed by atoms with E-state index >= 15 is 0 Å². The highest BCUT2D eigenvalue weighted by atomic mass is 16.4. The van der Waals surface area contributed by atoms with Crippen LogP contribution in [0, 0.1) is 11.3 Å². The summed E-state index contributed by atoms with van der Waals surface area (Å²) in [5.74, 6) is -0.0945. The highest BCUT2D eigenvalue weighted by Gasteiger charge is 2.44. The van der Waals surface area contributed by atoms with E-state index in [1.54, 1.807) is 0 Å². The van der Waals surface area contributed by atoms with Gasteiger partial charge in [0, 0.05) is 0 Å². The molecule has 0 aromatic rings. The zero-order valence-corrected chi connectivity index (χ0v) is 12.9. The highest BCUT2D eigenvalue weighted by molar-refractivity contribution is 5.75. The standard InChI is InChI=1S/C16H30O2.H3N/c1-3-5-10-14-11-8-7-9-13-16(14,15(17)18)12-6-4-2;/h14H,3-13H2,1-2H3,(H,17,18);1H3. The monoisotopic (exact) mass is 271 g/mol. The lowest BCUT2D eigenvalue weighted by Gasteiger charge is -2.36. The van der Waals surface area contributed by atoms with Crippen molar-refractivity contribution in [2.45, 2.75) is 84.5 Å². The van der Waals surface area contributed by atoms with Gasteiger partial charge in [-0.1, -0.05) is 58.8 Å². The molecule has 4 N–H and O–H groups in total. The third kappa shape index (κ3) is 4.79. The molecular weight excluding hydrogens is 238 g/mol. The topological polar surface area (TPSA) is 72.3 Å². The highest BCUT2D eigenvalue weighted by Crippen LogP contribution is 2.46. The van der Waals surface area contributed by atoms with E-state index in [-0.39, 0.29) is 6.15 Å². The molecule has 3 heteroatoms. The Bertz CT molecular complexity index is 255. The molecule has 1 fully saturated rings. The summed E-state index contributed by atoms with van der Waals surface area (Å²) in [5, 5.41) is 9.81. The molecule has 0 spiro atoms. The predicted molar refractivity (Wildman–Crippen MR) is 80.7 cm³/mol. The van der Waals surface area contributed by atoms with Crippen molar-refractivity contribution in [1.82, 2.24) is 6.15 Å². The molecular formula is C16H33NO2. The molecule has 0 aromatic heterocycles. The minimum atomic E-state index is -0.515. The quantitative estimate of drug-likeness (QED) is 0.626. The fourth-order valence-electron chi connectivity index (χ4n) is 3.57. The van der Waals surface area contributed by atoms with E-state index < -0.39 is 11.4 Å². The van der Waals surface area contributed by atoms with Gasteiger partial charge in [-0.25, -0.2) is 0 Å². The van der Waals surface area contributed by atoms with Gasteiger partial charge in [0.2, 0.25) is 0 Å². The molecule has 114 valence electrons. The van der Waals surface area contributed by atoms with E-state index in [0.29, 0.717) is 5.92 Å². The van der Waals surface area contributed by atoms with Gasteiger partial charge in [0.15, 0.2) is 0 Å². The lowest BCUT2D eigenvalue weighted by molar-refractivity contribution is -0.154. The Hall–Kier alpha value is -0.570. The van der Waals surface area contributed by atoms with Crippen LogP contribution in [0.15, 0.2) is 0 Å². The fraction of sp³-hybridized carbons (Fsp3) is 0.938. The Labute approximate surface area is 118 Å². The second-order valence-corrected chi connectivity index (χ2v) is 6.00. The fourth-order valence-corrected chi connectivity index (χ4v) is 3.57. The summed E-state index contributed by atoms with van der Waals surface area (Å²) in [6.07, 6.45) is 12.2. The van der Waals surface area contributed by atoms with Crippen molar-refractivity contribution in [1.29, 1.82) is 0 Å². The summed E-state index contributed by atoms with van der Waals surface area (Å²) in [6.45, 7) is 4.36. The van der Waals surface area contributed by atoms with Crippen molar-refractivity contribution in [2.24, 2.45) is 11.3 Å². The summed E-state index contributed by atoms with van der Waals surface area (Å²) in [6, 6.07) is 0. The minimum absolute atomic E-state index is 0. The molecule has 2 atom stereocenters. The molecule has 1 rings (SSSR count). The summed E-state index contributed by atoms with van der Waals surface area (Å²) in [4.78, 5) is 11.9. The molecule has 0 amide bonds. The first-order valence-corrected chi connectivity index (χ1v) is 7.90. The normalized spacial score (nSPS) is 27.4. The first-order valence-electron chi connectivity index (χ1n) is 7.90. The SMILES string of the molecule is CCCCC1CCCCCC1(CCCC)C(=O)O.N. The second kappa shape index (κ2) is 9.35. The van der Waals surface area contributed by atoms with Crippen LogP contribution in [0.4, 0.5) is 0 Å². The molecule has 1 saturated carbocycles. The van der Waals surface area contributed by atoms with Gasteiger partial charge >= 0.3 is 5.97 Å². The lowest BCUT2D eigenvalue weighted by Crippen LogP contribution is -2.38. The van der Waals surface area contributed by atoms with Gasteiger partial charge in [-0.05, 0) is 31.6 Å². The van der Waals surface area contributed by atoms with Crippen molar-refractivity contribution in [2.75, 3.05) is 0 Å². The summed E-state index contributed by atoms with van der Waals surface area (Å²) in [7, 11) is 0. The summed E-state index contributed by atoms with van der Waals surface area (Å²) in [5.41, 5.74) is -0.401. The van der Waals surface area contributed by atoms with E-state index in [4.69, 9.17) is 0 Å². The van der Waals surface area contributed by atoms with Crippen molar-refractivity contribution in [3.8, 4) is 0 Å². The maximum absolute atomic E-state index is 11.9. The zero-order valence-electron chi connectivity index (χ0n) is 12.9. The molecule has 2 unspecified atom stereocenters. The van der Waals surface area contributed by atoms with Crippen LogP contribution in [0.25, 0.3) is 0 Å². The van der Waals surface area contributed by atoms with Crippen molar-refractivity contribution in [3.63, 3.8) is 0 Å². The Morgan fingerprint density at radius 2 is 1.84 bits per heavy atom. The molecule has 19 heavy (non-hydrogen) atoms. The maximum Gasteiger partial charge on any atom is 0.309 e. The van der Waals surface area contributed by atoms with E-state index in [0.717, 1.165) is 44.9 Å². The molecule has 1 aliphatic carbocycles. The Morgan fingerprint density at radius 3 is 2.42 bits per heavy atom. The Morgan fingerprint density at radius 1 is 1.16 bits per heavy atom. The average Bonchev–Trinajstić information content (AvgIpc) is 2.57. The molecule has 3 nitrogen and oxygen atoms in total. The van der Waals surface area contributed by atoms with Gasteiger partial charge in [-0.2, -0.15) is 0 Å². The van der Waals surface area contributed by atoms with E-state index in [1.807, 2.05) is 0 Å². The number of unbranched alkanes of at least 4 members (excludes halogenated alkanes) is 2. The number of carboxylic acid groups (broad SMARTS) is 1. The van der Waals surface area contributed by atoms with Crippen LogP contribution >= 0.6 is 0 Å². The van der Waals surface area contributed by atoms with Crippen molar-refractivity contribution in [3.05, 3.63) is 0 Å². The van der Waals surface area contributed by atoms with Gasteiger partial charge in [-0.3, -0.25) is 4.79 Å². The van der Waals surface area contributed by atoms with Crippen molar-refractivity contribution >= 4 is 5.97 Å². The number of rotatable bonds is 7. The average molecular weight is 271 g/mol. The van der Waals surface area contributed by atoms with Gasteiger partial charge in [-0.15, -0.1) is 0 Å². The maximum atomic E-state index is 11.9. The number of hydrogen-bond donors (Lipinski definition) is 2. The number of carboxylic acids is 1. The molecule has 1 aliphatic rings. The molecule has 0 saturated heterocycles. The Kier molecular flexibility index (Phi) is 9.07. The zero-order chi connectivity index (χ0) is 13.4. The summed E-state index contributed by atoms with van der Waals surface area (Å²) < 4.78 is 0. The van der Waals surface area contributed by atoms with Crippen LogP contribution in [0.5, 0.6) is 0 Å². The van der Waals surface area contributed by atoms with Crippen LogP contribution in [-0.2, 0) is 4.79 Å². The van der Waals surface area contributed by atoms with Crippen LogP contribution in [0.3, 0.4) is 0 Å². The molecule has 0 bridgehead atoms. The van der Waals surface area contributed by atoms with Gasteiger partial charge in [0.1, 0.15) is 0 Å². The molecule has 0 heterocycles. The first-order chi connectivity index (χ1) is 8.67. The predicted octanol–water partition coefficient (Wildman–Crippen LogP) is 5.18. The van der Waals surface area contributed by atoms with E-state index in [9.17, 15) is 9.90 Å². The lowest BCUT2D eigenvalue weighted by atomic mass is 9.67. The van der Waals surface area contributed by atoms with Crippen LogP contribution < -0.4 is 6.15 Å². The van der Waals surface area contributed by atoms with Crippen molar-refractivity contribution < 1.29 is 9.90 Å². The third-order valence-corrected chi connectivity index (χ3v) is 4.77. The third-order valence-electron chi connectivity index (χ3n) is 4.77. The molecule has 0 radical (unpaired) electrons. The molecule has 0 aromatic carbocycles. The first kappa shape index (κ1) is 18.4. The van der Waals surface area contributed by atoms with Crippen LogP contribution in [-0.4, -0.2) is 11.1 Å². The second-order valence-electron chi connectivity index (χ2n) is 6.00.